The van der Waals surface area contributed by atoms with Gasteiger partial charge in [-0.25, -0.2) is 4.98 Å². The summed E-state index contributed by atoms with van der Waals surface area (Å²) in [5.74, 6) is 1.26. The van der Waals surface area contributed by atoms with Crippen LogP contribution in [0, 0.1) is 0 Å². The summed E-state index contributed by atoms with van der Waals surface area (Å²) in [6, 6.07) is 13.5. The minimum atomic E-state index is 0.0776. The van der Waals surface area contributed by atoms with Gasteiger partial charge in [-0.2, -0.15) is 0 Å². The molecule has 1 saturated heterocycles. The number of Topliss-reactive ketones (excluding diaryl/α,β-unsaturated/α-hetero) is 1. The minimum absolute atomic E-state index is 0.0776. The zero-order valence-electron chi connectivity index (χ0n) is 13.4. The quantitative estimate of drug-likeness (QED) is 0.861. The van der Waals surface area contributed by atoms with E-state index in [-0.39, 0.29) is 5.78 Å². The number of ketones is 1. The fraction of sp³-hybridized carbons (Fsp3) is 0.368. The van der Waals surface area contributed by atoms with Crippen LogP contribution in [0.1, 0.15) is 47.3 Å². The molecule has 0 spiro atoms. The molecule has 1 aromatic heterocycles. The first-order valence-electron chi connectivity index (χ1n) is 8.13. The molecule has 0 radical (unpaired) electrons. The third kappa shape index (κ3) is 4.17. The Kier molecular flexibility index (Phi) is 5.03. The predicted octanol–water partition coefficient (Wildman–Crippen LogP) is 3.33. The van der Waals surface area contributed by atoms with Gasteiger partial charge in [0.25, 0.3) is 0 Å². The summed E-state index contributed by atoms with van der Waals surface area (Å²) in [4.78, 5) is 15.9. The van der Waals surface area contributed by atoms with Gasteiger partial charge in [-0.05, 0) is 44.5 Å². The Morgan fingerprint density at radius 1 is 1.17 bits per heavy atom. The Labute approximate surface area is 136 Å². The van der Waals surface area contributed by atoms with Crippen LogP contribution in [-0.4, -0.2) is 23.9 Å². The van der Waals surface area contributed by atoms with Crippen molar-refractivity contribution in [2.24, 2.45) is 0 Å². The van der Waals surface area contributed by atoms with E-state index in [0.29, 0.717) is 18.4 Å². The SMILES string of the molecule is CC(=O)c1ccc(COc2cccc(C3CCNCC3)n2)cc1. The molecule has 1 aliphatic rings. The Hall–Kier alpha value is -2.20. The van der Waals surface area contributed by atoms with Gasteiger partial charge in [0.15, 0.2) is 5.78 Å². The first-order valence-corrected chi connectivity index (χ1v) is 8.13. The molecule has 4 nitrogen and oxygen atoms in total. The summed E-state index contributed by atoms with van der Waals surface area (Å²) >= 11 is 0. The number of ether oxygens (including phenoxy) is 1. The van der Waals surface area contributed by atoms with Gasteiger partial charge in [0.2, 0.25) is 5.88 Å². The smallest absolute Gasteiger partial charge is 0.213 e. The van der Waals surface area contributed by atoms with Gasteiger partial charge < -0.3 is 10.1 Å². The molecule has 0 amide bonds. The molecular weight excluding hydrogens is 288 g/mol. The second-order valence-corrected chi connectivity index (χ2v) is 5.97. The van der Waals surface area contributed by atoms with Gasteiger partial charge in [0.1, 0.15) is 6.61 Å². The number of piperidine rings is 1. The average Bonchev–Trinajstić information content (AvgIpc) is 2.61. The van der Waals surface area contributed by atoms with Crippen molar-refractivity contribution in [3.05, 3.63) is 59.3 Å². The Morgan fingerprint density at radius 3 is 2.61 bits per heavy atom. The van der Waals surface area contributed by atoms with Crippen molar-refractivity contribution in [3.63, 3.8) is 0 Å². The number of carbonyl (C=O) groups excluding carboxylic acids is 1. The molecule has 1 fully saturated rings. The molecule has 23 heavy (non-hydrogen) atoms. The standard InChI is InChI=1S/C19H22N2O2/c1-14(22)16-7-5-15(6-8-16)13-23-19-4-2-3-18(21-19)17-9-11-20-12-10-17/h2-8,17,20H,9-13H2,1H3. The first kappa shape index (κ1) is 15.7. The molecule has 0 atom stereocenters. The first-order chi connectivity index (χ1) is 11.2. The topological polar surface area (TPSA) is 51.2 Å². The molecule has 1 aromatic carbocycles. The molecule has 3 rings (SSSR count). The fourth-order valence-electron chi connectivity index (χ4n) is 2.85. The van der Waals surface area contributed by atoms with E-state index in [1.165, 1.54) is 0 Å². The summed E-state index contributed by atoms with van der Waals surface area (Å²) in [6.07, 6.45) is 2.26. The van der Waals surface area contributed by atoms with E-state index in [2.05, 4.69) is 16.4 Å². The number of pyridine rings is 1. The normalized spacial score (nSPS) is 15.3. The highest BCUT2D eigenvalue weighted by atomic mass is 16.5. The Balaban J connectivity index is 1.62. The fourth-order valence-corrected chi connectivity index (χ4v) is 2.85. The lowest BCUT2D eigenvalue weighted by atomic mass is 9.94. The maximum Gasteiger partial charge on any atom is 0.213 e. The molecular formula is C19H22N2O2. The van der Waals surface area contributed by atoms with Crippen LogP contribution in [0.4, 0.5) is 0 Å². The van der Waals surface area contributed by atoms with Crippen molar-refractivity contribution in [2.45, 2.75) is 32.3 Å². The van der Waals surface area contributed by atoms with Gasteiger partial charge in [0, 0.05) is 23.2 Å². The number of benzene rings is 1. The van der Waals surface area contributed by atoms with Crippen molar-refractivity contribution in [1.29, 1.82) is 0 Å². The lowest BCUT2D eigenvalue weighted by molar-refractivity contribution is 0.101. The third-order valence-corrected chi connectivity index (χ3v) is 4.25. The highest BCUT2D eigenvalue weighted by Gasteiger charge is 2.16. The average molecular weight is 310 g/mol. The van der Waals surface area contributed by atoms with E-state index in [0.717, 1.165) is 42.8 Å². The van der Waals surface area contributed by atoms with Crippen LogP contribution in [0.5, 0.6) is 5.88 Å². The van der Waals surface area contributed by atoms with Crippen molar-refractivity contribution in [1.82, 2.24) is 10.3 Å². The number of hydrogen-bond acceptors (Lipinski definition) is 4. The third-order valence-electron chi connectivity index (χ3n) is 4.25. The summed E-state index contributed by atoms with van der Waals surface area (Å²) in [6.45, 7) is 4.14. The second-order valence-electron chi connectivity index (χ2n) is 5.97. The Bertz CT molecular complexity index is 661. The molecule has 0 bridgehead atoms. The van der Waals surface area contributed by atoms with Crippen LogP contribution >= 0.6 is 0 Å². The van der Waals surface area contributed by atoms with Crippen LogP contribution in [0.25, 0.3) is 0 Å². The summed E-state index contributed by atoms with van der Waals surface area (Å²) in [7, 11) is 0. The largest absolute Gasteiger partial charge is 0.473 e. The molecule has 120 valence electrons. The maximum absolute atomic E-state index is 11.3. The number of carbonyl (C=O) groups is 1. The van der Waals surface area contributed by atoms with E-state index < -0.39 is 0 Å². The molecule has 0 aliphatic carbocycles. The van der Waals surface area contributed by atoms with E-state index >= 15 is 0 Å². The zero-order valence-corrected chi connectivity index (χ0v) is 13.4. The molecule has 0 unspecified atom stereocenters. The number of aromatic nitrogens is 1. The van der Waals surface area contributed by atoms with Crippen molar-refractivity contribution < 1.29 is 9.53 Å². The predicted molar refractivity (Wildman–Crippen MR) is 89.9 cm³/mol. The van der Waals surface area contributed by atoms with Crippen LogP contribution in [0.15, 0.2) is 42.5 Å². The van der Waals surface area contributed by atoms with Gasteiger partial charge >= 0.3 is 0 Å². The lowest BCUT2D eigenvalue weighted by Gasteiger charge is -2.22. The number of nitrogens with one attached hydrogen (secondary N) is 1. The minimum Gasteiger partial charge on any atom is -0.473 e. The summed E-state index contributed by atoms with van der Waals surface area (Å²) in [5, 5.41) is 3.38. The van der Waals surface area contributed by atoms with Gasteiger partial charge in [-0.1, -0.05) is 30.3 Å². The summed E-state index contributed by atoms with van der Waals surface area (Å²) in [5.41, 5.74) is 2.87. The number of rotatable bonds is 5. The highest BCUT2D eigenvalue weighted by Crippen LogP contribution is 2.25. The van der Waals surface area contributed by atoms with E-state index in [1.807, 2.05) is 36.4 Å². The van der Waals surface area contributed by atoms with Crippen LogP contribution in [0.3, 0.4) is 0 Å². The molecule has 4 heteroatoms. The zero-order chi connectivity index (χ0) is 16.1. The van der Waals surface area contributed by atoms with Gasteiger partial charge in [-0.15, -0.1) is 0 Å². The molecule has 2 aromatic rings. The highest BCUT2D eigenvalue weighted by molar-refractivity contribution is 5.93. The monoisotopic (exact) mass is 310 g/mol. The van der Waals surface area contributed by atoms with Crippen LogP contribution in [0.2, 0.25) is 0 Å². The number of hydrogen-bond donors (Lipinski definition) is 1. The lowest BCUT2D eigenvalue weighted by Crippen LogP contribution is -2.27. The van der Waals surface area contributed by atoms with Crippen LogP contribution < -0.4 is 10.1 Å². The Morgan fingerprint density at radius 2 is 1.91 bits per heavy atom. The van der Waals surface area contributed by atoms with E-state index in [9.17, 15) is 4.79 Å². The van der Waals surface area contributed by atoms with E-state index in [1.54, 1.807) is 6.92 Å². The molecule has 2 heterocycles. The second kappa shape index (κ2) is 7.38. The molecule has 1 N–H and O–H groups in total. The number of nitrogens with zero attached hydrogens (tertiary/aromatic N) is 1. The van der Waals surface area contributed by atoms with Crippen molar-refractivity contribution in [2.75, 3.05) is 13.1 Å². The van der Waals surface area contributed by atoms with Crippen molar-refractivity contribution in [3.8, 4) is 5.88 Å². The molecule has 0 saturated carbocycles. The van der Waals surface area contributed by atoms with Crippen molar-refractivity contribution >= 4 is 5.78 Å². The van der Waals surface area contributed by atoms with E-state index in [4.69, 9.17) is 4.74 Å². The van der Waals surface area contributed by atoms with Gasteiger partial charge in [-0.3, -0.25) is 4.79 Å². The van der Waals surface area contributed by atoms with Gasteiger partial charge in [0.05, 0.1) is 0 Å². The summed E-state index contributed by atoms with van der Waals surface area (Å²) < 4.78 is 5.81. The van der Waals surface area contributed by atoms with Crippen LogP contribution in [-0.2, 0) is 6.61 Å². The maximum atomic E-state index is 11.3. The molecule has 1 aliphatic heterocycles.